The summed E-state index contributed by atoms with van der Waals surface area (Å²) in [5, 5.41) is 3.31. The fourth-order valence-electron chi connectivity index (χ4n) is 1.81. The Morgan fingerprint density at radius 2 is 1.83 bits per heavy atom. The Morgan fingerprint density at radius 3 is 2.52 bits per heavy atom. The molecule has 0 atom stereocenters. The summed E-state index contributed by atoms with van der Waals surface area (Å²) < 4.78 is 15.3. The van der Waals surface area contributed by atoms with Gasteiger partial charge in [-0.25, -0.2) is 4.79 Å². The van der Waals surface area contributed by atoms with Crippen molar-refractivity contribution in [1.29, 1.82) is 0 Å². The lowest BCUT2D eigenvalue weighted by atomic mass is 10.3. The minimum atomic E-state index is -0.421. The molecule has 0 saturated heterocycles. The zero-order chi connectivity index (χ0) is 16.7. The average Bonchev–Trinajstić information content (AvgIpc) is 3.03. The van der Waals surface area contributed by atoms with E-state index in [1.54, 1.807) is 31.4 Å². The van der Waals surface area contributed by atoms with Gasteiger partial charge in [-0.2, -0.15) is 0 Å². The zero-order valence-electron chi connectivity index (χ0n) is 12.8. The molecule has 0 bridgehead atoms. The summed E-state index contributed by atoms with van der Waals surface area (Å²) in [6.07, 6.45) is 0.184. The van der Waals surface area contributed by atoms with Crippen LogP contribution in [0, 0.1) is 0 Å². The number of thiophene rings is 1. The first kappa shape index (κ1) is 16.8. The summed E-state index contributed by atoms with van der Waals surface area (Å²) in [5.41, 5.74) is 0. The molecule has 0 unspecified atom stereocenters. The fourth-order valence-corrected chi connectivity index (χ4v) is 2.65. The van der Waals surface area contributed by atoms with Crippen molar-refractivity contribution in [3.63, 3.8) is 0 Å². The van der Waals surface area contributed by atoms with Crippen LogP contribution >= 0.6 is 11.3 Å². The third kappa shape index (κ3) is 4.72. The van der Waals surface area contributed by atoms with E-state index in [1.807, 2.05) is 12.1 Å². The summed E-state index contributed by atoms with van der Waals surface area (Å²) in [5.74, 6) is 0.592. The van der Waals surface area contributed by atoms with E-state index in [2.05, 4.69) is 10.1 Å². The smallest absolute Gasteiger partial charge is 0.348 e. The van der Waals surface area contributed by atoms with Crippen LogP contribution in [-0.4, -0.2) is 32.7 Å². The number of benzene rings is 1. The minimum absolute atomic E-state index is 0.184. The van der Waals surface area contributed by atoms with Crippen LogP contribution in [0.5, 0.6) is 11.5 Å². The molecule has 1 amide bonds. The van der Waals surface area contributed by atoms with Crippen molar-refractivity contribution >= 4 is 28.2 Å². The van der Waals surface area contributed by atoms with E-state index in [4.69, 9.17) is 9.47 Å². The highest BCUT2D eigenvalue weighted by atomic mass is 32.1. The van der Waals surface area contributed by atoms with Crippen LogP contribution in [0.25, 0.3) is 0 Å². The molecule has 0 aliphatic carbocycles. The zero-order valence-corrected chi connectivity index (χ0v) is 13.6. The van der Waals surface area contributed by atoms with Crippen LogP contribution in [0.4, 0.5) is 5.00 Å². The first-order valence-corrected chi connectivity index (χ1v) is 7.69. The van der Waals surface area contributed by atoms with Crippen LogP contribution in [0.2, 0.25) is 0 Å². The second kappa shape index (κ2) is 8.19. The number of amides is 1. The van der Waals surface area contributed by atoms with Crippen LogP contribution in [0.15, 0.2) is 36.4 Å². The van der Waals surface area contributed by atoms with Gasteiger partial charge in [0.15, 0.2) is 11.5 Å². The fraction of sp³-hybridized carbons (Fsp3) is 0.250. The van der Waals surface area contributed by atoms with Gasteiger partial charge in [0.25, 0.3) is 0 Å². The number of rotatable bonds is 7. The number of esters is 1. The Bertz CT molecular complexity index is 683. The van der Waals surface area contributed by atoms with E-state index in [0.29, 0.717) is 21.4 Å². The molecule has 1 N–H and O–H groups in total. The molecular weight excluding hydrogens is 318 g/mol. The maximum Gasteiger partial charge on any atom is 0.348 e. The van der Waals surface area contributed by atoms with Crippen molar-refractivity contribution in [3.05, 3.63) is 41.3 Å². The van der Waals surface area contributed by atoms with Gasteiger partial charge in [0.05, 0.1) is 32.2 Å². The van der Waals surface area contributed by atoms with Gasteiger partial charge >= 0.3 is 5.97 Å². The Balaban J connectivity index is 1.81. The summed E-state index contributed by atoms with van der Waals surface area (Å²) >= 11 is 1.16. The molecular formula is C16H17NO5S. The molecule has 0 aliphatic heterocycles. The van der Waals surface area contributed by atoms with E-state index >= 15 is 0 Å². The van der Waals surface area contributed by atoms with Crippen LogP contribution in [0.3, 0.4) is 0 Å². The molecule has 0 aliphatic rings. The van der Waals surface area contributed by atoms with E-state index in [-0.39, 0.29) is 18.9 Å². The molecule has 0 fully saturated rings. The van der Waals surface area contributed by atoms with Gasteiger partial charge in [0.1, 0.15) is 4.88 Å². The van der Waals surface area contributed by atoms with Gasteiger partial charge in [0.2, 0.25) is 5.91 Å². The predicted octanol–water partition coefficient (Wildman–Crippen LogP) is 2.95. The number of carbonyl (C=O) groups is 2. The molecule has 1 aromatic carbocycles. The third-order valence-corrected chi connectivity index (χ3v) is 3.89. The molecule has 2 aromatic rings. The number of hydrogen-bond donors (Lipinski definition) is 1. The molecule has 6 nitrogen and oxygen atoms in total. The Morgan fingerprint density at radius 1 is 1.09 bits per heavy atom. The van der Waals surface area contributed by atoms with Gasteiger partial charge in [0, 0.05) is 0 Å². The maximum absolute atomic E-state index is 11.9. The molecule has 2 rings (SSSR count). The Labute approximate surface area is 138 Å². The number of carbonyl (C=O) groups excluding carboxylic acids is 2. The topological polar surface area (TPSA) is 73.9 Å². The first-order chi connectivity index (χ1) is 11.1. The van der Waals surface area contributed by atoms with Crippen molar-refractivity contribution < 1.29 is 23.8 Å². The van der Waals surface area contributed by atoms with Crippen molar-refractivity contribution in [2.75, 3.05) is 26.1 Å². The van der Waals surface area contributed by atoms with Crippen LogP contribution in [-0.2, 0) is 9.53 Å². The quantitative estimate of drug-likeness (QED) is 0.788. The van der Waals surface area contributed by atoms with Gasteiger partial charge in [-0.05, 0) is 24.3 Å². The highest BCUT2D eigenvalue weighted by molar-refractivity contribution is 7.18. The van der Waals surface area contributed by atoms with E-state index in [1.165, 1.54) is 7.11 Å². The van der Waals surface area contributed by atoms with Gasteiger partial charge in [-0.15, -0.1) is 11.3 Å². The van der Waals surface area contributed by atoms with Crippen molar-refractivity contribution in [1.82, 2.24) is 0 Å². The van der Waals surface area contributed by atoms with Crippen LogP contribution in [0.1, 0.15) is 16.1 Å². The summed E-state index contributed by atoms with van der Waals surface area (Å²) in [7, 11) is 2.88. The molecule has 122 valence electrons. The molecule has 23 heavy (non-hydrogen) atoms. The molecule has 0 radical (unpaired) electrons. The van der Waals surface area contributed by atoms with E-state index < -0.39 is 5.97 Å². The highest BCUT2D eigenvalue weighted by Gasteiger charge is 2.11. The minimum Gasteiger partial charge on any atom is -0.493 e. The Kier molecular flexibility index (Phi) is 5.99. The maximum atomic E-state index is 11.9. The molecule has 1 heterocycles. The third-order valence-electron chi connectivity index (χ3n) is 2.91. The van der Waals surface area contributed by atoms with Crippen molar-refractivity contribution in [2.24, 2.45) is 0 Å². The second-order valence-electron chi connectivity index (χ2n) is 4.45. The summed E-state index contributed by atoms with van der Waals surface area (Å²) in [4.78, 5) is 23.7. The number of ether oxygens (including phenoxy) is 3. The highest BCUT2D eigenvalue weighted by Crippen LogP contribution is 2.26. The van der Waals surface area contributed by atoms with E-state index in [0.717, 1.165) is 11.3 Å². The lowest BCUT2D eigenvalue weighted by Gasteiger charge is -2.09. The standard InChI is InChI=1S/C16H17NO5S/c1-20-11-5-3-4-6-12(11)22-10-9-14(18)17-15-8-7-13(23-15)16(19)21-2/h3-8H,9-10H2,1-2H3,(H,17,18). The van der Waals surface area contributed by atoms with E-state index in [9.17, 15) is 9.59 Å². The van der Waals surface area contributed by atoms with Gasteiger partial charge in [-0.1, -0.05) is 12.1 Å². The van der Waals surface area contributed by atoms with Gasteiger partial charge < -0.3 is 19.5 Å². The van der Waals surface area contributed by atoms with Crippen molar-refractivity contribution in [2.45, 2.75) is 6.42 Å². The number of anilines is 1. The predicted molar refractivity (Wildman–Crippen MR) is 87.4 cm³/mol. The molecule has 7 heteroatoms. The van der Waals surface area contributed by atoms with Gasteiger partial charge in [-0.3, -0.25) is 4.79 Å². The molecule has 1 aromatic heterocycles. The molecule has 0 saturated carbocycles. The number of nitrogens with one attached hydrogen (secondary N) is 1. The number of hydrogen-bond acceptors (Lipinski definition) is 6. The number of methoxy groups -OCH3 is 2. The largest absolute Gasteiger partial charge is 0.493 e. The molecule has 0 spiro atoms. The van der Waals surface area contributed by atoms with Crippen molar-refractivity contribution in [3.8, 4) is 11.5 Å². The summed E-state index contributed by atoms with van der Waals surface area (Å²) in [6.45, 7) is 0.224. The van der Waals surface area contributed by atoms with Crippen LogP contribution < -0.4 is 14.8 Å². The lowest BCUT2D eigenvalue weighted by molar-refractivity contribution is -0.116. The monoisotopic (exact) mass is 335 g/mol. The number of para-hydroxylation sites is 2. The normalized spacial score (nSPS) is 10.0. The SMILES string of the molecule is COC(=O)c1ccc(NC(=O)CCOc2ccccc2OC)s1. The Hall–Kier alpha value is -2.54. The first-order valence-electron chi connectivity index (χ1n) is 6.88. The lowest BCUT2D eigenvalue weighted by Crippen LogP contribution is -2.14. The summed E-state index contributed by atoms with van der Waals surface area (Å²) in [6, 6.07) is 10.5. The second-order valence-corrected chi connectivity index (χ2v) is 5.54. The average molecular weight is 335 g/mol.